The molecule has 3 nitrogen and oxygen atoms in total. The van der Waals surface area contributed by atoms with Crippen molar-refractivity contribution in [1.82, 2.24) is 9.13 Å². The van der Waals surface area contributed by atoms with Crippen molar-refractivity contribution in [3.05, 3.63) is 162 Å². The molecule has 0 spiro atoms. The standard InChI is InChI=1S/C43H29N3/c44-28-29-14-4-9-25-39(29)46-41-27-11-8-20-34(41)38-24-13-22-36(43(38)46)32-18-6-5-17-31(32)35-21-12-23-37-33-19-7-10-26-40(33)45(42(35)37)30-15-2-1-3-16-30/h1-10,12-26H,11,27H2. The SMILES string of the molecule is N#Cc1ccccc1-n1c2c(c3cccc(-c4ccccc4-c4cccc5c6ccccc6n(-c6ccccc6)c45)c31)C=CCC2. The first-order valence-corrected chi connectivity index (χ1v) is 15.8. The number of allylic oxidation sites excluding steroid dienone is 1. The molecular weight excluding hydrogens is 558 g/mol. The molecular formula is C43H29N3. The van der Waals surface area contributed by atoms with E-state index in [1.807, 2.05) is 18.2 Å². The second-order valence-electron chi connectivity index (χ2n) is 11.9. The fourth-order valence-corrected chi connectivity index (χ4v) is 7.55. The average Bonchev–Trinajstić information content (AvgIpc) is 3.65. The molecule has 0 fully saturated rings. The first-order chi connectivity index (χ1) is 22.8. The Hall–Kier alpha value is -6.11. The predicted molar refractivity (Wildman–Crippen MR) is 191 cm³/mol. The van der Waals surface area contributed by atoms with Gasteiger partial charge in [0.05, 0.1) is 27.8 Å². The molecule has 0 radical (unpaired) electrons. The third-order valence-electron chi connectivity index (χ3n) is 9.44. The lowest BCUT2D eigenvalue weighted by Crippen LogP contribution is -2.05. The number of fused-ring (bicyclic) bond motifs is 6. The second-order valence-corrected chi connectivity index (χ2v) is 11.9. The van der Waals surface area contributed by atoms with Crippen LogP contribution in [0, 0.1) is 11.3 Å². The molecule has 9 rings (SSSR count). The third kappa shape index (κ3) is 3.84. The summed E-state index contributed by atoms with van der Waals surface area (Å²) in [5.41, 5.74) is 13.5. The summed E-state index contributed by atoms with van der Waals surface area (Å²) in [6, 6.07) is 51.9. The summed E-state index contributed by atoms with van der Waals surface area (Å²) in [6.07, 6.45) is 6.45. The van der Waals surface area contributed by atoms with E-state index in [4.69, 9.17) is 0 Å². The van der Waals surface area contributed by atoms with Crippen LogP contribution in [0.3, 0.4) is 0 Å². The van der Waals surface area contributed by atoms with Crippen LogP contribution in [0.1, 0.15) is 23.2 Å². The van der Waals surface area contributed by atoms with E-state index >= 15 is 0 Å². The van der Waals surface area contributed by atoms with Gasteiger partial charge in [0.2, 0.25) is 0 Å². The molecule has 0 amide bonds. The largest absolute Gasteiger partial charge is 0.311 e. The Kier molecular flexibility index (Phi) is 6.01. The van der Waals surface area contributed by atoms with Crippen LogP contribution in [0.4, 0.5) is 0 Å². The van der Waals surface area contributed by atoms with Crippen molar-refractivity contribution in [1.29, 1.82) is 5.26 Å². The Labute approximate surface area is 267 Å². The van der Waals surface area contributed by atoms with E-state index in [0.29, 0.717) is 5.56 Å². The van der Waals surface area contributed by atoms with E-state index in [2.05, 4.69) is 149 Å². The van der Waals surface area contributed by atoms with Gasteiger partial charge in [-0.2, -0.15) is 5.26 Å². The minimum Gasteiger partial charge on any atom is -0.311 e. The summed E-state index contributed by atoms with van der Waals surface area (Å²) in [7, 11) is 0. The molecule has 8 aromatic rings. The minimum atomic E-state index is 0.678. The maximum Gasteiger partial charge on any atom is 0.101 e. The lowest BCUT2D eigenvalue weighted by Gasteiger charge is -2.18. The summed E-state index contributed by atoms with van der Waals surface area (Å²) < 4.78 is 4.77. The van der Waals surface area contributed by atoms with Crippen molar-refractivity contribution < 1.29 is 0 Å². The molecule has 0 bridgehead atoms. The van der Waals surface area contributed by atoms with Gasteiger partial charge >= 0.3 is 0 Å². The molecule has 2 aromatic heterocycles. The Morgan fingerprint density at radius 3 is 1.91 bits per heavy atom. The highest BCUT2D eigenvalue weighted by Gasteiger charge is 2.24. The molecule has 3 heteroatoms. The molecule has 1 aliphatic rings. The van der Waals surface area contributed by atoms with Gasteiger partial charge in [-0.25, -0.2) is 0 Å². The van der Waals surface area contributed by atoms with Crippen molar-refractivity contribution in [3.63, 3.8) is 0 Å². The van der Waals surface area contributed by atoms with Gasteiger partial charge in [0, 0.05) is 44.2 Å². The van der Waals surface area contributed by atoms with Gasteiger partial charge in [-0.15, -0.1) is 0 Å². The van der Waals surface area contributed by atoms with Gasteiger partial charge in [-0.1, -0.05) is 121 Å². The summed E-state index contributed by atoms with van der Waals surface area (Å²) in [4.78, 5) is 0. The van der Waals surface area contributed by atoms with E-state index in [1.54, 1.807) is 0 Å². The number of hydrogen-bond acceptors (Lipinski definition) is 1. The van der Waals surface area contributed by atoms with Crippen molar-refractivity contribution in [2.45, 2.75) is 12.8 Å². The molecule has 0 aliphatic heterocycles. The van der Waals surface area contributed by atoms with E-state index in [1.165, 1.54) is 55.1 Å². The number of aromatic nitrogens is 2. The van der Waals surface area contributed by atoms with Crippen LogP contribution in [-0.4, -0.2) is 9.13 Å². The van der Waals surface area contributed by atoms with Gasteiger partial charge in [0.25, 0.3) is 0 Å². The number of nitriles is 1. The molecule has 6 aromatic carbocycles. The zero-order valence-corrected chi connectivity index (χ0v) is 25.2. The quantitative estimate of drug-likeness (QED) is 0.202. The summed E-state index contributed by atoms with van der Waals surface area (Å²) in [6.45, 7) is 0. The van der Waals surface area contributed by atoms with E-state index in [-0.39, 0.29) is 0 Å². The van der Waals surface area contributed by atoms with Gasteiger partial charge in [0.15, 0.2) is 0 Å². The fraction of sp³-hybridized carbons (Fsp3) is 0.0465. The molecule has 0 saturated heterocycles. The summed E-state index contributed by atoms with van der Waals surface area (Å²) in [5.74, 6) is 0. The van der Waals surface area contributed by atoms with Crippen LogP contribution in [0.2, 0.25) is 0 Å². The van der Waals surface area contributed by atoms with Crippen molar-refractivity contribution in [2.75, 3.05) is 0 Å². The predicted octanol–water partition coefficient (Wildman–Crippen LogP) is 10.9. The van der Waals surface area contributed by atoms with E-state index in [0.717, 1.165) is 35.3 Å². The summed E-state index contributed by atoms with van der Waals surface area (Å²) >= 11 is 0. The highest BCUT2D eigenvalue weighted by atomic mass is 15.0. The zero-order chi connectivity index (χ0) is 30.6. The molecule has 216 valence electrons. The molecule has 0 N–H and O–H groups in total. The Bertz CT molecular complexity index is 2540. The zero-order valence-electron chi connectivity index (χ0n) is 25.2. The van der Waals surface area contributed by atoms with Gasteiger partial charge in [0.1, 0.15) is 6.07 Å². The van der Waals surface area contributed by atoms with Crippen LogP contribution in [0.25, 0.3) is 72.4 Å². The fourth-order valence-electron chi connectivity index (χ4n) is 7.55. The Morgan fingerprint density at radius 1 is 0.522 bits per heavy atom. The minimum absolute atomic E-state index is 0.678. The highest BCUT2D eigenvalue weighted by molar-refractivity contribution is 6.15. The normalized spacial score (nSPS) is 12.5. The van der Waals surface area contributed by atoms with Crippen molar-refractivity contribution >= 4 is 38.8 Å². The molecule has 0 saturated carbocycles. The smallest absolute Gasteiger partial charge is 0.101 e. The number of para-hydroxylation sites is 5. The first kappa shape index (κ1) is 26.3. The lowest BCUT2D eigenvalue weighted by atomic mass is 9.91. The Morgan fingerprint density at radius 2 is 1.13 bits per heavy atom. The highest BCUT2D eigenvalue weighted by Crippen LogP contribution is 2.45. The lowest BCUT2D eigenvalue weighted by molar-refractivity contribution is 0.887. The van der Waals surface area contributed by atoms with Crippen LogP contribution < -0.4 is 0 Å². The van der Waals surface area contributed by atoms with Gasteiger partial charge in [-0.3, -0.25) is 0 Å². The van der Waals surface area contributed by atoms with Crippen LogP contribution in [-0.2, 0) is 6.42 Å². The number of benzene rings is 6. The number of nitrogens with zero attached hydrogens (tertiary/aromatic N) is 3. The van der Waals surface area contributed by atoms with Gasteiger partial charge in [-0.05, 0) is 54.3 Å². The molecule has 46 heavy (non-hydrogen) atoms. The molecule has 1 aliphatic carbocycles. The number of rotatable bonds is 4. The van der Waals surface area contributed by atoms with E-state index in [9.17, 15) is 5.26 Å². The maximum absolute atomic E-state index is 10.2. The van der Waals surface area contributed by atoms with Crippen molar-refractivity contribution in [3.8, 4) is 39.7 Å². The summed E-state index contributed by atoms with van der Waals surface area (Å²) in [5, 5.41) is 13.9. The maximum atomic E-state index is 10.2. The topological polar surface area (TPSA) is 33.6 Å². The molecule has 0 atom stereocenters. The van der Waals surface area contributed by atoms with Crippen molar-refractivity contribution in [2.24, 2.45) is 0 Å². The monoisotopic (exact) mass is 587 g/mol. The van der Waals surface area contributed by atoms with Gasteiger partial charge < -0.3 is 9.13 Å². The van der Waals surface area contributed by atoms with Crippen LogP contribution in [0.15, 0.2) is 146 Å². The first-order valence-electron chi connectivity index (χ1n) is 15.8. The third-order valence-corrected chi connectivity index (χ3v) is 9.44. The van der Waals surface area contributed by atoms with Crippen LogP contribution in [0.5, 0.6) is 0 Å². The molecule has 2 heterocycles. The average molecular weight is 588 g/mol. The molecule has 0 unspecified atom stereocenters. The Balaban J connectivity index is 1.39. The second kappa shape index (κ2) is 10.5. The van der Waals surface area contributed by atoms with Crippen LogP contribution >= 0.6 is 0 Å². The number of hydrogen-bond donors (Lipinski definition) is 0. The van der Waals surface area contributed by atoms with E-state index < -0.39 is 0 Å².